The zero-order chi connectivity index (χ0) is 12.3. The predicted octanol–water partition coefficient (Wildman–Crippen LogP) is 2.21. The van der Waals surface area contributed by atoms with Crippen LogP contribution >= 0.6 is 0 Å². The van der Waals surface area contributed by atoms with E-state index in [0.717, 1.165) is 0 Å². The average molecular weight is 233 g/mol. The molecule has 1 aromatic heterocycles. The fourth-order valence-electron chi connectivity index (χ4n) is 2.32. The summed E-state index contributed by atoms with van der Waals surface area (Å²) in [7, 11) is 1.77. The lowest BCUT2D eigenvalue weighted by atomic mass is 10.0. The van der Waals surface area contributed by atoms with Crippen molar-refractivity contribution in [2.24, 2.45) is 5.92 Å². The van der Waals surface area contributed by atoms with Crippen molar-refractivity contribution in [1.82, 2.24) is 4.98 Å². The number of rotatable bonds is 3. The van der Waals surface area contributed by atoms with E-state index in [1.165, 1.54) is 25.7 Å². The minimum atomic E-state index is 0.147. The number of hydrogen-bond donors (Lipinski definition) is 1. The number of carbonyl (C=O) groups is 1. The normalized spacial score (nSPS) is 16.1. The van der Waals surface area contributed by atoms with Crippen LogP contribution in [0.2, 0.25) is 0 Å². The molecule has 1 fully saturated rings. The third-order valence-electron chi connectivity index (χ3n) is 3.43. The van der Waals surface area contributed by atoms with Crippen molar-refractivity contribution in [3.8, 4) is 0 Å². The number of anilines is 2. The number of pyridine rings is 1. The van der Waals surface area contributed by atoms with Crippen LogP contribution in [0.25, 0.3) is 0 Å². The first-order valence-corrected chi connectivity index (χ1v) is 6.15. The molecule has 0 bridgehead atoms. The van der Waals surface area contributed by atoms with Crippen molar-refractivity contribution in [3.05, 3.63) is 18.3 Å². The fourth-order valence-corrected chi connectivity index (χ4v) is 2.32. The topological polar surface area (TPSA) is 59.2 Å². The molecule has 1 aliphatic carbocycles. The van der Waals surface area contributed by atoms with E-state index in [-0.39, 0.29) is 5.91 Å². The van der Waals surface area contributed by atoms with Gasteiger partial charge in [0.25, 0.3) is 0 Å². The first-order chi connectivity index (χ1) is 8.16. The molecular formula is C13H19N3O. The summed E-state index contributed by atoms with van der Waals surface area (Å²) in [6, 6.07) is 3.55. The molecule has 0 unspecified atom stereocenters. The number of nitrogens with zero attached hydrogens (tertiary/aromatic N) is 2. The van der Waals surface area contributed by atoms with E-state index < -0.39 is 0 Å². The van der Waals surface area contributed by atoms with Gasteiger partial charge in [-0.2, -0.15) is 0 Å². The summed E-state index contributed by atoms with van der Waals surface area (Å²) in [4.78, 5) is 17.8. The van der Waals surface area contributed by atoms with Gasteiger partial charge >= 0.3 is 0 Å². The van der Waals surface area contributed by atoms with Crippen molar-refractivity contribution in [2.45, 2.75) is 32.1 Å². The summed E-state index contributed by atoms with van der Waals surface area (Å²) in [5, 5.41) is 0. The maximum atomic E-state index is 12.0. The van der Waals surface area contributed by atoms with Gasteiger partial charge in [0, 0.05) is 13.5 Å². The smallest absolute Gasteiger partial charge is 0.228 e. The molecule has 0 aliphatic heterocycles. The highest BCUT2D eigenvalue weighted by atomic mass is 16.2. The van der Waals surface area contributed by atoms with E-state index >= 15 is 0 Å². The highest BCUT2D eigenvalue weighted by Gasteiger charge is 2.21. The van der Waals surface area contributed by atoms with Crippen molar-refractivity contribution in [2.75, 3.05) is 17.7 Å². The Balaban J connectivity index is 1.96. The van der Waals surface area contributed by atoms with Crippen LogP contribution < -0.4 is 10.6 Å². The van der Waals surface area contributed by atoms with E-state index in [0.29, 0.717) is 23.8 Å². The molecule has 1 heterocycles. The van der Waals surface area contributed by atoms with Crippen LogP contribution in [0.15, 0.2) is 18.3 Å². The molecule has 1 saturated carbocycles. The molecule has 4 heteroatoms. The van der Waals surface area contributed by atoms with Gasteiger partial charge in [0.05, 0.1) is 11.9 Å². The monoisotopic (exact) mass is 233 g/mol. The van der Waals surface area contributed by atoms with Gasteiger partial charge < -0.3 is 5.73 Å². The van der Waals surface area contributed by atoms with Gasteiger partial charge in [0.2, 0.25) is 5.91 Å². The van der Waals surface area contributed by atoms with Crippen LogP contribution in [0.3, 0.4) is 0 Å². The summed E-state index contributed by atoms with van der Waals surface area (Å²) < 4.78 is 0. The maximum absolute atomic E-state index is 12.0. The first kappa shape index (κ1) is 11.9. The summed E-state index contributed by atoms with van der Waals surface area (Å²) in [5.41, 5.74) is 6.19. The number of carbonyl (C=O) groups excluding carboxylic acids is 1. The van der Waals surface area contributed by atoms with Gasteiger partial charge in [-0.1, -0.05) is 12.8 Å². The summed E-state index contributed by atoms with van der Waals surface area (Å²) >= 11 is 0. The predicted molar refractivity (Wildman–Crippen MR) is 68.6 cm³/mol. The van der Waals surface area contributed by atoms with Crippen LogP contribution in [-0.2, 0) is 4.79 Å². The Kier molecular flexibility index (Phi) is 3.61. The minimum Gasteiger partial charge on any atom is -0.397 e. The Bertz CT molecular complexity index is 382. The molecule has 2 N–H and O–H groups in total. The Morgan fingerprint density at radius 2 is 2.18 bits per heavy atom. The Morgan fingerprint density at radius 3 is 2.76 bits per heavy atom. The number of nitrogen functional groups attached to an aromatic ring is 1. The number of amides is 1. The lowest BCUT2D eigenvalue weighted by Crippen LogP contribution is -2.28. The van der Waals surface area contributed by atoms with Gasteiger partial charge in [-0.3, -0.25) is 9.69 Å². The summed E-state index contributed by atoms with van der Waals surface area (Å²) in [6.07, 6.45) is 7.13. The molecule has 0 saturated heterocycles. The molecule has 92 valence electrons. The van der Waals surface area contributed by atoms with Crippen molar-refractivity contribution in [1.29, 1.82) is 0 Å². The number of nitrogens with two attached hydrogens (primary N) is 1. The number of aromatic nitrogens is 1. The second-order valence-corrected chi connectivity index (χ2v) is 4.76. The van der Waals surface area contributed by atoms with Gasteiger partial charge in [-0.15, -0.1) is 0 Å². The molecule has 2 rings (SSSR count). The Morgan fingerprint density at radius 1 is 1.47 bits per heavy atom. The van der Waals surface area contributed by atoms with Crippen molar-refractivity contribution in [3.63, 3.8) is 0 Å². The molecule has 0 spiro atoms. The van der Waals surface area contributed by atoms with E-state index in [9.17, 15) is 4.79 Å². The average Bonchev–Trinajstić information content (AvgIpc) is 2.82. The van der Waals surface area contributed by atoms with Gasteiger partial charge in [0.1, 0.15) is 5.82 Å². The summed E-state index contributed by atoms with van der Waals surface area (Å²) in [6.45, 7) is 0. The third-order valence-corrected chi connectivity index (χ3v) is 3.43. The SMILES string of the molecule is CN(C(=O)CC1CCCC1)c1ccc(N)cn1. The molecule has 0 aromatic carbocycles. The highest BCUT2D eigenvalue weighted by molar-refractivity contribution is 5.92. The molecule has 0 atom stereocenters. The largest absolute Gasteiger partial charge is 0.397 e. The summed E-state index contributed by atoms with van der Waals surface area (Å²) in [5.74, 6) is 1.38. The zero-order valence-corrected chi connectivity index (χ0v) is 10.2. The second kappa shape index (κ2) is 5.17. The van der Waals surface area contributed by atoms with Crippen molar-refractivity contribution < 1.29 is 4.79 Å². The van der Waals surface area contributed by atoms with Crippen LogP contribution in [0.1, 0.15) is 32.1 Å². The molecular weight excluding hydrogens is 214 g/mol. The van der Waals surface area contributed by atoms with Gasteiger partial charge in [0.15, 0.2) is 0 Å². The minimum absolute atomic E-state index is 0.147. The fraction of sp³-hybridized carbons (Fsp3) is 0.538. The number of hydrogen-bond acceptors (Lipinski definition) is 3. The Labute approximate surface area is 102 Å². The standard InChI is InChI=1S/C13H19N3O/c1-16(12-7-6-11(14)9-15-12)13(17)8-10-4-2-3-5-10/h6-7,9-10H,2-5,8,14H2,1H3. The molecule has 0 radical (unpaired) electrons. The third kappa shape index (κ3) is 2.96. The van der Waals surface area contributed by atoms with E-state index in [1.807, 2.05) is 0 Å². The quantitative estimate of drug-likeness (QED) is 0.870. The van der Waals surface area contributed by atoms with Crippen LogP contribution in [0.5, 0.6) is 0 Å². The highest BCUT2D eigenvalue weighted by Crippen LogP contribution is 2.28. The molecule has 1 aromatic rings. The molecule has 17 heavy (non-hydrogen) atoms. The van der Waals surface area contributed by atoms with E-state index in [1.54, 1.807) is 30.3 Å². The van der Waals surface area contributed by atoms with Crippen molar-refractivity contribution >= 4 is 17.4 Å². The molecule has 4 nitrogen and oxygen atoms in total. The van der Waals surface area contributed by atoms with Gasteiger partial charge in [-0.05, 0) is 30.9 Å². The van der Waals surface area contributed by atoms with Crippen LogP contribution in [0.4, 0.5) is 11.5 Å². The van der Waals surface area contributed by atoms with Crippen LogP contribution in [-0.4, -0.2) is 17.9 Å². The van der Waals surface area contributed by atoms with Gasteiger partial charge in [-0.25, -0.2) is 4.98 Å². The zero-order valence-electron chi connectivity index (χ0n) is 10.2. The lowest BCUT2D eigenvalue weighted by molar-refractivity contribution is -0.119. The first-order valence-electron chi connectivity index (χ1n) is 6.15. The molecule has 1 aliphatic rings. The molecule has 1 amide bonds. The van der Waals surface area contributed by atoms with Crippen LogP contribution in [0, 0.1) is 5.92 Å². The maximum Gasteiger partial charge on any atom is 0.228 e. The van der Waals surface area contributed by atoms with E-state index in [4.69, 9.17) is 5.73 Å². The lowest BCUT2D eigenvalue weighted by Gasteiger charge is -2.18. The Hall–Kier alpha value is -1.58. The second-order valence-electron chi connectivity index (χ2n) is 4.76. The van der Waals surface area contributed by atoms with E-state index in [2.05, 4.69) is 4.98 Å².